The van der Waals surface area contributed by atoms with Gasteiger partial charge >= 0.3 is 5.97 Å². The van der Waals surface area contributed by atoms with Gasteiger partial charge in [-0.2, -0.15) is 0 Å². The van der Waals surface area contributed by atoms with Crippen LogP contribution in [0, 0.1) is 0 Å². The van der Waals surface area contributed by atoms with E-state index < -0.39 is 5.97 Å². The Morgan fingerprint density at radius 3 is 2.59 bits per heavy atom. The van der Waals surface area contributed by atoms with Crippen LogP contribution in [0.5, 0.6) is 11.5 Å². The summed E-state index contributed by atoms with van der Waals surface area (Å²) in [5, 5.41) is 3.64. The molecule has 22 heavy (non-hydrogen) atoms. The molecule has 0 spiro atoms. The van der Waals surface area contributed by atoms with Gasteiger partial charge in [-0.3, -0.25) is 4.79 Å². The molecule has 0 saturated carbocycles. The van der Waals surface area contributed by atoms with E-state index in [0.29, 0.717) is 17.6 Å². The molecule has 0 fully saturated rings. The lowest BCUT2D eigenvalue weighted by atomic mass is 10.1. The molecule has 0 bridgehead atoms. The number of oxime groups is 1. The molecule has 1 rings (SSSR count). The van der Waals surface area contributed by atoms with Crippen molar-refractivity contribution in [3.05, 3.63) is 23.3 Å². The van der Waals surface area contributed by atoms with Gasteiger partial charge in [-0.25, -0.2) is 4.79 Å². The van der Waals surface area contributed by atoms with E-state index in [4.69, 9.17) is 14.2 Å². The summed E-state index contributed by atoms with van der Waals surface area (Å²) in [5.74, 6) is -0.0994. The van der Waals surface area contributed by atoms with Crippen molar-refractivity contribution in [2.75, 3.05) is 34.7 Å². The first kappa shape index (κ1) is 17.4. The van der Waals surface area contributed by atoms with Crippen molar-refractivity contribution in [2.24, 2.45) is 5.16 Å². The van der Waals surface area contributed by atoms with Crippen molar-refractivity contribution in [2.45, 2.75) is 0 Å². The molecule has 8 heteroatoms. The standard InChI is InChI=1S/C14H17NO7/c1-18-9-22-12-5-4-10(7-16)14(11(12)6-15-20-3)21-8-13(17)19-2/h4-7H,8-9H2,1-3H3/b15-6+. The number of nitrogens with zero attached hydrogens (tertiary/aromatic N) is 1. The first-order chi connectivity index (χ1) is 10.7. The van der Waals surface area contributed by atoms with Crippen LogP contribution in [0.2, 0.25) is 0 Å². The van der Waals surface area contributed by atoms with Crippen molar-refractivity contribution >= 4 is 18.5 Å². The lowest BCUT2D eigenvalue weighted by molar-refractivity contribution is -0.142. The molecule has 0 N–H and O–H groups in total. The Labute approximate surface area is 127 Å². The molecule has 0 saturated heterocycles. The Morgan fingerprint density at radius 2 is 2.00 bits per heavy atom. The Bertz CT molecular complexity index is 542. The van der Waals surface area contributed by atoms with Crippen molar-refractivity contribution in [3.8, 4) is 11.5 Å². The number of methoxy groups -OCH3 is 2. The van der Waals surface area contributed by atoms with Crippen LogP contribution in [0.1, 0.15) is 15.9 Å². The molecule has 0 aliphatic carbocycles. The number of carbonyl (C=O) groups excluding carboxylic acids is 2. The second-order valence-electron chi connectivity index (χ2n) is 3.85. The summed E-state index contributed by atoms with van der Waals surface area (Å²) in [5.41, 5.74) is 0.568. The maximum atomic E-state index is 11.2. The fourth-order valence-corrected chi connectivity index (χ4v) is 1.52. The number of hydrogen-bond donors (Lipinski definition) is 0. The van der Waals surface area contributed by atoms with Crippen molar-refractivity contribution in [1.82, 2.24) is 0 Å². The van der Waals surface area contributed by atoms with Gasteiger partial charge in [-0.05, 0) is 12.1 Å². The third-order valence-electron chi connectivity index (χ3n) is 2.50. The lowest BCUT2D eigenvalue weighted by Gasteiger charge is -2.14. The molecule has 0 aliphatic heterocycles. The molecular formula is C14H17NO7. The Kier molecular flexibility index (Phi) is 7.41. The van der Waals surface area contributed by atoms with Crippen LogP contribution in [0.15, 0.2) is 17.3 Å². The maximum absolute atomic E-state index is 11.2. The van der Waals surface area contributed by atoms with E-state index in [2.05, 4.69) is 14.7 Å². The first-order valence-electron chi connectivity index (χ1n) is 6.18. The fraction of sp³-hybridized carbons (Fsp3) is 0.357. The number of aldehydes is 1. The van der Waals surface area contributed by atoms with Gasteiger partial charge in [0.1, 0.15) is 18.6 Å². The van der Waals surface area contributed by atoms with Gasteiger partial charge < -0.3 is 23.8 Å². The van der Waals surface area contributed by atoms with Gasteiger partial charge in [-0.1, -0.05) is 5.16 Å². The fourth-order valence-electron chi connectivity index (χ4n) is 1.52. The van der Waals surface area contributed by atoms with Crippen LogP contribution in [-0.2, 0) is 19.1 Å². The normalized spacial score (nSPS) is 10.3. The zero-order valence-corrected chi connectivity index (χ0v) is 12.5. The Hall–Kier alpha value is -2.61. The van der Waals surface area contributed by atoms with Crippen molar-refractivity contribution < 1.29 is 33.4 Å². The third kappa shape index (κ3) is 4.74. The average Bonchev–Trinajstić information content (AvgIpc) is 2.55. The predicted molar refractivity (Wildman–Crippen MR) is 76.4 cm³/mol. The summed E-state index contributed by atoms with van der Waals surface area (Å²) in [6.45, 7) is -0.371. The molecule has 0 unspecified atom stereocenters. The molecular weight excluding hydrogens is 294 g/mol. The second-order valence-corrected chi connectivity index (χ2v) is 3.85. The SMILES string of the molecule is COCOc1ccc(C=O)c(OCC(=O)OC)c1/C=N/OC. The zero-order valence-electron chi connectivity index (χ0n) is 12.5. The Morgan fingerprint density at radius 1 is 1.23 bits per heavy atom. The molecule has 8 nitrogen and oxygen atoms in total. The number of ether oxygens (including phenoxy) is 4. The van der Waals surface area contributed by atoms with Crippen molar-refractivity contribution in [3.63, 3.8) is 0 Å². The van der Waals surface area contributed by atoms with Gasteiger partial charge in [0, 0.05) is 7.11 Å². The minimum absolute atomic E-state index is 0.00923. The third-order valence-corrected chi connectivity index (χ3v) is 2.50. The summed E-state index contributed by atoms with van der Waals surface area (Å²) < 4.78 is 20.1. The number of benzene rings is 1. The Balaban J connectivity index is 3.22. The van der Waals surface area contributed by atoms with Crippen LogP contribution in [-0.4, -0.2) is 53.2 Å². The lowest BCUT2D eigenvalue weighted by Crippen LogP contribution is -2.15. The smallest absolute Gasteiger partial charge is 0.343 e. The van der Waals surface area contributed by atoms with Crippen LogP contribution in [0.4, 0.5) is 0 Å². The summed E-state index contributed by atoms with van der Waals surface area (Å²) in [6.07, 6.45) is 1.90. The van der Waals surface area contributed by atoms with Gasteiger partial charge in [0.2, 0.25) is 0 Å². The molecule has 0 amide bonds. The number of hydrogen-bond acceptors (Lipinski definition) is 8. The minimum atomic E-state index is -0.588. The van der Waals surface area contributed by atoms with Crippen LogP contribution >= 0.6 is 0 Å². The van der Waals surface area contributed by atoms with Gasteiger partial charge in [-0.15, -0.1) is 0 Å². The molecule has 0 aliphatic rings. The monoisotopic (exact) mass is 311 g/mol. The highest BCUT2D eigenvalue weighted by Crippen LogP contribution is 2.30. The van der Waals surface area contributed by atoms with Gasteiger partial charge in [0.15, 0.2) is 19.7 Å². The quantitative estimate of drug-likeness (QED) is 0.221. The molecule has 1 aromatic carbocycles. The topological polar surface area (TPSA) is 92.7 Å². The highest BCUT2D eigenvalue weighted by Gasteiger charge is 2.16. The molecule has 0 aromatic heterocycles. The molecule has 1 aromatic rings. The number of rotatable bonds is 9. The predicted octanol–water partition coefficient (Wildman–Crippen LogP) is 1.01. The molecule has 0 radical (unpaired) electrons. The van der Waals surface area contributed by atoms with E-state index in [1.807, 2.05) is 0 Å². The van der Waals surface area contributed by atoms with E-state index >= 15 is 0 Å². The van der Waals surface area contributed by atoms with E-state index in [1.54, 1.807) is 6.07 Å². The van der Waals surface area contributed by atoms with E-state index in [1.165, 1.54) is 33.6 Å². The van der Waals surface area contributed by atoms with Crippen LogP contribution in [0.25, 0.3) is 0 Å². The van der Waals surface area contributed by atoms with E-state index in [-0.39, 0.29) is 24.7 Å². The minimum Gasteiger partial charge on any atom is -0.480 e. The maximum Gasteiger partial charge on any atom is 0.343 e. The molecule has 0 heterocycles. The van der Waals surface area contributed by atoms with Crippen LogP contribution < -0.4 is 9.47 Å². The molecule has 120 valence electrons. The molecule has 0 atom stereocenters. The zero-order chi connectivity index (χ0) is 16.4. The summed E-state index contributed by atoms with van der Waals surface area (Å²) in [7, 11) is 4.07. The summed E-state index contributed by atoms with van der Waals surface area (Å²) in [4.78, 5) is 27.0. The highest BCUT2D eigenvalue weighted by atomic mass is 16.7. The number of carbonyl (C=O) groups is 2. The van der Waals surface area contributed by atoms with E-state index in [9.17, 15) is 9.59 Å². The largest absolute Gasteiger partial charge is 0.480 e. The summed E-state index contributed by atoms with van der Waals surface area (Å²) in [6, 6.07) is 3.06. The van der Waals surface area contributed by atoms with Crippen molar-refractivity contribution in [1.29, 1.82) is 0 Å². The highest BCUT2D eigenvalue weighted by molar-refractivity contribution is 5.93. The second kappa shape index (κ2) is 9.35. The summed E-state index contributed by atoms with van der Waals surface area (Å²) >= 11 is 0. The van der Waals surface area contributed by atoms with Gasteiger partial charge in [0.25, 0.3) is 0 Å². The van der Waals surface area contributed by atoms with E-state index in [0.717, 1.165) is 0 Å². The first-order valence-corrected chi connectivity index (χ1v) is 6.18. The average molecular weight is 311 g/mol. The van der Waals surface area contributed by atoms with Gasteiger partial charge in [0.05, 0.1) is 24.5 Å². The van der Waals surface area contributed by atoms with Crippen LogP contribution in [0.3, 0.4) is 0 Å². The number of esters is 1.